The predicted octanol–water partition coefficient (Wildman–Crippen LogP) is 4.08. The van der Waals surface area contributed by atoms with Gasteiger partial charge in [0.05, 0.1) is 40.0 Å². The minimum Gasteiger partial charge on any atom is -0.377 e. The number of rotatable bonds is 5. The highest BCUT2D eigenvalue weighted by molar-refractivity contribution is 6.05. The second-order valence-electron chi connectivity index (χ2n) is 9.03. The van der Waals surface area contributed by atoms with E-state index >= 15 is 0 Å². The fraction of sp³-hybridized carbons (Fsp3) is 0.214. The number of imidazole rings is 1. The monoisotopic (exact) mass is 503 g/mol. The van der Waals surface area contributed by atoms with Gasteiger partial charge >= 0.3 is 0 Å². The number of anilines is 2. The van der Waals surface area contributed by atoms with Gasteiger partial charge < -0.3 is 16.0 Å². The summed E-state index contributed by atoms with van der Waals surface area (Å²) in [6.07, 6.45) is 9.32. The van der Waals surface area contributed by atoms with Crippen molar-refractivity contribution in [3.8, 4) is 23.5 Å². The smallest absolute Gasteiger partial charge is 0.258 e. The largest absolute Gasteiger partial charge is 0.377 e. The second kappa shape index (κ2) is 10.4. The van der Waals surface area contributed by atoms with Gasteiger partial charge in [0, 0.05) is 37.0 Å². The number of fused-ring (bicyclic) bond motifs is 1. The van der Waals surface area contributed by atoms with Gasteiger partial charge in [-0.25, -0.2) is 15.0 Å². The first-order chi connectivity index (χ1) is 18.5. The zero-order valence-electron chi connectivity index (χ0n) is 20.8. The van der Waals surface area contributed by atoms with E-state index in [9.17, 15) is 10.1 Å². The number of nitrogens with zero attached hydrogens (tertiary/aromatic N) is 7. The molecule has 1 saturated heterocycles. The Morgan fingerprint density at radius 3 is 2.79 bits per heavy atom. The molecule has 1 aliphatic rings. The minimum atomic E-state index is -0.503. The third kappa shape index (κ3) is 4.63. The molecule has 4 aromatic rings. The van der Waals surface area contributed by atoms with Crippen LogP contribution in [0.2, 0.25) is 0 Å². The molecule has 0 bridgehead atoms. The SMILES string of the molecule is CC=CN1CCCC(c2nc(-c3ccc(C(=O)Nc4cc(C#N)ccn4)c(C#N)c3)n3c(N)nccc23)C1. The van der Waals surface area contributed by atoms with E-state index in [0.29, 0.717) is 22.9 Å². The van der Waals surface area contributed by atoms with Crippen molar-refractivity contribution >= 4 is 23.2 Å². The van der Waals surface area contributed by atoms with Crippen LogP contribution in [-0.2, 0) is 0 Å². The topological polar surface area (TPSA) is 149 Å². The second-order valence-corrected chi connectivity index (χ2v) is 9.03. The summed E-state index contributed by atoms with van der Waals surface area (Å²) in [5.74, 6) is 0.792. The molecule has 188 valence electrons. The van der Waals surface area contributed by atoms with Crippen molar-refractivity contribution in [1.82, 2.24) is 24.3 Å². The number of likely N-dealkylation sites (tertiary alicyclic amines) is 1. The zero-order chi connectivity index (χ0) is 26.6. The molecule has 1 atom stereocenters. The molecule has 1 aromatic carbocycles. The summed E-state index contributed by atoms with van der Waals surface area (Å²) >= 11 is 0. The number of carbonyl (C=O) groups excluding carboxylic acids is 1. The number of pyridine rings is 1. The van der Waals surface area contributed by atoms with Gasteiger partial charge in [-0.15, -0.1) is 0 Å². The Balaban J connectivity index is 1.53. The molecule has 0 radical (unpaired) electrons. The molecule has 0 aliphatic carbocycles. The standard InChI is InChI=1S/C28H25N9O/c1-2-11-36-12-3-4-20(17-36)25-23-8-10-33-28(31)37(23)26(35-25)19-5-6-22(21(14-19)16-30)27(38)34-24-13-18(15-29)7-9-32-24/h2,5-11,13-14,20H,3-4,12,17H2,1H3,(H2,31,33)(H,32,34,38). The van der Waals surface area contributed by atoms with Crippen LogP contribution in [0.25, 0.3) is 16.9 Å². The van der Waals surface area contributed by atoms with Crippen molar-refractivity contribution in [2.24, 2.45) is 0 Å². The average molecular weight is 504 g/mol. The van der Waals surface area contributed by atoms with Crippen LogP contribution in [0.1, 0.15) is 52.9 Å². The van der Waals surface area contributed by atoms with Crippen molar-refractivity contribution in [3.05, 3.63) is 83.5 Å². The van der Waals surface area contributed by atoms with Gasteiger partial charge in [-0.3, -0.25) is 9.20 Å². The highest BCUT2D eigenvalue weighted by atomic mass is 16.1. The molecule has 3 aromatic heterocycles. The van der Waals surface area contributed by atoms with Gasteiger partial charge in [-0.1, -0.05) is 12.1 Å². The van der Waals surface area contributed by atoms with Crippen LogP contribution >= 0.6 is 0 Å². The van der Waals surface area contributed by atoms with Crippen LogP contribution in [0, 0.1) is 22.7 Å². The van der Waals surface area contributed by atoms with Gasteiger partial charge in [0.15, 0.2) is 0 Å². The highest BCUT2D eigenvalue weighted by Gasteiger charge is 2.26. The van der Waals surface area contributed by atoms with Crippen LogP contribution in [0.3, 0.4) is 0 Å². The van der Waals surface area contributed by atoms with Crippen molar-refractivity contribution < 1.29 is 4.79 Å². The fourth-order valence-electron chi connectivity index (χ4n) is 4.88. The van der Waals surface area contributed by atoms with Crippen molar-refractivity contribution in [3.63, 3.8) is 0 Å². The van der Waals surface area contributed by atoms with E-state index in [0.717, 1.165) is 37.1 Å². The quantitative estimate of drug-likeness (QED) is 0.414. The lowest BCUT2D eigenvalue weighted by Gasteiger charge is -2.31. The lowest BCUT2D eigenvalue weighted by Crippen LogP contribution is -2.30. The molecule has 10 heteroatoms. The third-order valence-electron chi connectivity index (χ3n) is 6.58. The molecule has 1 unspecified atom stereocenters. The maximum Gasteiger partial charge on any atom is 0.258 e. The van der Waals surface area contributed by atoms with Crippen molar-refractivity contribution in [2.45, 2.75) is 25.7 Å². The summed E-state index contributed by atoms with van der Waals surface area (Å²) in [7, 11) is 0. The predicted molar refractivity (Wildman–Crippen MR) is 143 cm³/mol. The summed E-state index contributed by atoms with van der Waals surface area (Å²) in [5.41, 5.74) is 9.48. The highest BCUT2D eigenvalue weighted by Crippen LogP contribution is 2.34. The van der Waals surface area contributed by atoms with Crippen molar-refractivity contribution in [2.75, 3.05) is 24.1 Å². The van der Waals surface area contributed by atoms with Gasteiger partial charge in [-0.05, 0) is 56.3 Å². The van der Waals surface area contributed by atoms with Crippen LogP contribution < -0.4 is 11.1 Å². The average Bonchev–Trinajstić information content (AvgIpc) is 3.34. The summed E-state index contributed by atoms with van der Waals surface area (Å²) in [4.78, 5) is 28.6. The minimum absolute atomic E-state index is 0.175. The molecule has 38 heavy (non-hydrogen) atoms. The molecule has 1 aliphatic heterocycles. The number of nitrogens with two attached hydrogens (primary N) is 1. The number of hydrogen-bond donors (Lipinski definition) is 2. The summed E-state index contributed by atoms with van der Waals surface area (Å²) in [6, 6.07) is 14.0. The van der Waals surface area contributed by atoms with E-state index in [2.05, 4.69) is 32.5 Å². The number of amides is 1. The van der Waals surface area contributed by atoms with Gasteiger partial charge in [-0.2, -0.15) is 10.5 Å². The normalized spacial score (nSPS) is 15.3. The summed E-state index contributed by atoms with van der Waals surface area (Å²) in [5, 5.41) is 21.6. The molecular weight excluding hydrogens is 478 g/mol. The number of allylic oxidation sites excluding steroid dienone is 1. The Kier molecular flexibility index (Phi) is 6.70. The van der Waals surface area contributed by atoms with Gasteiger partial charge in [0.1, 0.15) is 11.6 Å². The number of carbonyl (C=O) groups is 1. The van der Waals surface area contributed by atoms with E-state index in [1.807, 2.05) is 25.1 Å². The summed E-state index contributed by atoms with van der Waals surface area (Å²) < 4.78 is 1.80. The van der Waals surface area contributed by atoms with E-state index in [1.165, 1.54) is 12.3 Å². The van der Waals surface area contributed by atoms with E-state index in [-0.39, 0.29) is 22.9 Å². The maximum atomic E-state index is 13.0. The molecule has 5 rings (SSSR count). The van der Waals surface area contributed by atoms with Crippen LogP contribution in [0.5, 0.6) is 0 Å². The number of hydrogen-bond acceptors (Lipinski definition) is 8. The van der Waals surface area contributed by atoms with Crippen LogP contribution in [0.15, 0.2) is 61.1 Å². The molecule has 3 N–H and O–H groups in total. The molecule has 10 nitrogen and oxygen atoms in total. The molecular formula is C28H25N9O. The number of piperidine rings is 1. The molecule has 0 saturated carbocycles. The number of benzene rings is 1. The first kappa shape index (κ1) is 24.5. The van der Waals surface area contributed by atoms with Crippen LogP contribution in [-0.4, -0.2) is 43.2 Å². The van der Waals surface area contributed by atoms with Gasteiger partial charge in [0.2, 0.25) is 5.95 Å². The van der Waals surface area contributed by atoms with Gasteiger partial charge in [0.25, 0.3) is 5.91 Å². The number of aromatic nitrogens is 4. The lowest BCUT2D eigenvalue weighted by molar-refractivity contribution is 0.102. The third-order valence-corrected chi connectivity index (χ3v) is 6.58. The zero-order valence-corrected chi connectivity index (χ0v) is 20.8. The van der Waals surface area contributed by atoms with Crippen molar-refractivity contribution in [1.29, 1.82) is 10.5 Å². The van der Waals surface area contributed by atoms with Crippen LogP contribution in [0.4, 0.5) is 11.8 Å². The Morgan fingerprint density at radius 2 is 2.00 bits per heavy atom. The lowest BCUT2D eigenvalue weighted by atomic mass is 9.94. The Hall–Kier alpha value is -5.22. The molecule has 1 amide bonds. The summed E-state index contributed by atoms with van der Waals surface area (Å²) in [6.45, 7) is 3.87. The number of nitriles is 2. The Morgan fingerprint density at radius 1 is 1.16 bits per heavy atom. The first-order valence-corrected chi connectivity index (χ1v) is 12.2. The first-order valence-electron chi connectivity index (χ1n) is 12.2. The maximum absolute atomic E-state index is 13.0. The van der Waals surface area contributed by atoms with E-state index in [4.69, 9.17) is 16.0 Å². The Bertz CT molecular complexity index is 1640. The molecule has 0 spiro atoms. The Labute approximate surface area is 219 Å². The fourth-order valence-corrected chi connectivity index (χ4v) is 4.88. The number of nitrogens with one attached hydrogen (secondary N) is 1. The van der Waals surface area contributed by atoms with E-state index < -0.39 is 5.91 Å². The van der Waals surface area contributed by atoms with E-state index in [1.54, 1.807) is 34.9 Å². The molecule has 4 heterocycles. The molecule has 1 fully saturated rings. The number of nitrogen functional groups attached to an aromatic ring is 1.